The minimum atomic E-state index is -3.66. The number of carbonyl (C=O) groups excluding carboxylic acids is 1. The second-order valence-corrected chi connectivity index (χ2v) is 7.75. The number of nitrogens with one attached hydrogen (secondary N) is 1. The summed E-state index contributed by atoms with van der Waals surface area (Å²) in [6.45, 7) is -0.447. The number of halogens is 1. The Morgan fingerprint density at radius 1 is 1.11 bits per heavy atom. The number of hydrogen-bond donors (Lipinski definition) is 1. The van der Waals surface area contributed by atoms with Crippen molar-refractivity contribution in [2.45, 2.75) is 6.54 Å². The molecule has 0 bridgehead atoms. The van der Waals surface area contributed by atoms with Crippen molar-refractivity contribution in [2.75, 3.05) is 32.3 Å². The van der Waals surface area contributed by atoms with E-state index in [0.717, 1.165) is 10.6 Å². The number of carbonyl (C=O) groups is 1. The Hall–Kier alpha value is -2.65. The highest BCUT2D eigenvalue weighted by Crippen LogP contribution is 2.29. The molecule has 0 saturated carbocycles. The summed E-state index contributed by atoms with van der Waals surface area (Å²) in [5.74, 6) is -0.0222. The molecule has 1 amide bonds. The number of amides is 1. The van der Waals surface area contributed by atoms with E-state index < -0.39 is 28.3 Å². The topological polar surface area (TPSA) is 84.9 Å². The fourth-order valence-corrected chi connectivity index (χ4v) is 3.07. The van der Waals surface area contributed by atoms with Gasteiger partial charge in [0, 0.05) is 12.6 Å². The Bertz CT molecular complexity index is 900. The lowest BCUT2D eigenvalue weighted by molar-refractivity contribution is -0.116. The molecule has 0 atom stereocenters. The van der Waals surface area contributed by atoms with E-state index in [4.69, 9.17) is 9.47 Å². The first-order valence-corrected chi connectivity index (χ1v) is 9.79. The predicted molar refractivity (Wildman–Crippen MR) is 99.8 cm³/mol. The lowest BCUT2D eigenvalue weighted by Crippen LogP contribution is -2.36. The molecule has 0 radical (unpaired) electrons. The van der Waals surface area contributed by atoms with Gasteiger partial charge in [0.05, 0.1) is 32.7 Å². The van der Waals surface area contributed by atoms with Crippen molar-refractivity contribution in [3.63, 3.8) is 0 Å². The smallest absolute Gasteiger partial charge is 0.239 e. The lowest BCUT2D eigenvalue weighted by Gasteiger charge is -2.20. The Balaban J connectivity index is 2.13. The number of methoxy groups -OCH3 is 2. The van der Waals surface area contributed by atoms with E-state index in [9.17, 15) is 17.6 Å². The highest BCUT2D eigenvalue weighted by molar-refractivity contribution is 7.88. The molecule has 0 unspecified atom stereocenters. The maximum Gasteiger partial charge on any atom is 0.239 e. The third kappa shape index (κ3) is 5.93. The van der Waals surface area contributed by atoms with Gasteiger partial charge in [-0.15, -0.1) is 0 Å². The fraction of sp³-hybridized carbons (Fsp3) is 0.278. The summed E-state index contributed by atoms with van der Waals surface area (Å²) < 4.78 is 48.4. The van der Waals surface area contributed by atoms with Gasteiger partial charge in [0.2, 0.25) is 15.9 Å². The van der Waals surface area contributed by atoms with Gasteiger partial charge in [-0.2, -0.15) is 4.31 Å². The van der Waals surface area contributed by atoms with Crippen LogP contribution in [0.3, 0.4) is 0 Å². The standard InChI is InChI=1S/C18H21FN2O5S/c1-25-15-8-9-16(17(10-15)26-2)20-18(22)12-21(27(3,23)24)11-13-4-6-14(19)7-5-13/h4-10H,11-12H2,1-3H3,(H,20,22). The van der Waals surface area contributed by atoms with Gasteiger partial charge in [0.1, 0.15) is 17.3 Å². The third-order valence-electron chi connectivity index (χ3n) is 3.74. The summed E-state index contributed by atoms with van der Waals surface area (Å²) in [5.41, 5.74) is 0.954. The molecule has 2 aromatic carbocycles. The molecule has 0 heterocycles. The van der Waals surface area contributed by atoms with Crippen molar-refractivity contribution in [3.8, 4) is 11.5 Å². The quantitative estimate of drug-likeness (QED) is 0.740. The minimum absolute atomic E-state index is 0.0493. The SMILES string of the molecule is COc1ccc(NC(=O)CN(Cc2ccc(F)cc2)S(C)(=O)=O)c(OC)c1. The molecule has 1 N–H and O–H groups in total. The summed E-state index contributed by atoms with van der Waals surface area (Å²) in [7, 11) is -0.707. The number of sulfonamides is 1. The first-order chi connectivity index (χ1) is 12.7. The second kappa shape index (κ2) is 8.83. The van der Waals surface area contributed by atoms with Gasteiger partial charge in [0.15, 0.2) is 0 Å². The Morgan fingerprint density at radius 3 is 2.33 bits per heavy atom. The monoisotopic (exact) mass is 396 g/mol. The highest BCUT2D eigenvalue weighted by atomic mass is 32.2. The van der Waals surface area contributed by atoms with Gasteiger partial charge >= 0.3 is 0 Å². The van der Waals surface area contributed by atoms with Crippen molar-refractivity contribution >= 4 is 21.6 Å². The molecule has 0 aliphatic rings. The van der Waals surface area contributed by atoms with Crippen molar-refractivity contribution in [2.24, 2.45) is 0 Å². The molecule has 146 valence electrons. The van der Waals surface area contributed by atoms with E-state index in [1.54, 1.807) is 18.2 Å². The largest absolute Gasteiger partial charge is 0.497 e. The zero-order valence-electron chi connectivity index (χ0n) is 15.2. The Morgan fingerprint density at radius 2 is 1.78 bits per heavy atom. The van der Waals surface area contributed by atoms with Gasteiger partial charge in [-0.05, 0) is 29.8 Å². The summed E-state index contributed by atoms with van der Waals surface area (Å²) >= 11 is 0. The van der Waals surface area contributed by atoms with Crippen LogP contribution in [0.15, 0.2) is 42.5 Å². The van der Waals surface area contributed by atoms with Crippen LogP contribution in [0.2, 0.25) is 0 Å². The van der Waals surface area contributed by atoms with Gasteiger partial charge < -0.3 is 14.8 Å². The first-order valence-electron chi connectivity index (χ1n) is 7.94. The van der Waals surface area contributed by atoms with E-state index in [0.29, 0.717) is 22.7 Å². The Kier molecular flexibility index (Phi) is 6.75. The van der Waals surface area contributed by atoms with E-state index in [1.807, 2.05) is 0 Å². The fourth-order valence-electron chi connectivity index (χ4n) is 2.34. The zero-order valence-corrected chi connectivity index (χ0v) is 16.0. The number of benzene rings is 2. The average Bonchev–Trinajstić information content (AvgIpc) is 2.62. The molecule has 0 saturated heterocycles. The molecule has 0 aliphatic heterocycles. The van der Waals surface area contributed by atoms with Crippen LogP contribution in [-0.2, 0) is 21.4 Å². The van der Waals surface area contributed by atoms with Crippen LogP contribution in [0.5, 0.6) is 11.5 Å². The number of rotatable bonds is 8. The molecule has 27 heavy (non-hydrogen) atoms. The Labute approximate surface area is 157 Å². The minimum Gasteiger partial charge on any atom is -0.497 e. The molecular formula is C18H21FN2O5S. The first kappa shape index (κ1) is 20.7. The zero-order chi connectivity index (χ0) is 20.0. The van der Waals surface area contributed by atoms with Crippen LogP contribution in [-0.4, -0.2) is 45.7 Å². The van der Waals surface area contributed by atoms with Gasteiger partial charge in [-0.3, -0.25) is 4.79 Å². The number of anilines is 1. The van der Waals surface area contributed by atoms with Crippen molar-refractivity contribution in [1.29, 1.82) is 0 Å². The number of ether oxygens (including phenoxy) is 2. The second-order valence-electron chi connectivity index (χ2n) is 5.77. The molecule has 0 fully saturated rings. The summed E-state index contributed by atoms with van der Waals surface area (Å²) in [6, 6.07) is 10.2. The summed E-state index contributed by atoms with van der Waals surface area (Å²) in [5, 5.41) is 2.62. The lowest BCUT2D eigenvalue weighted by atomic mass is 10.2. The average molecular weight is 396 g/mol. The van der Waals surface area contributed by atoms with E-state index in [2.05, 4.69) is 5.32 Å². The maximum atomic E-state index is 13.0. The third-order valence-corrected chi connectivity index (χ3v) is 4.94. The highest BCUT2D eigenvalue weighted by Gasteiger charge is 2.21. The van der Waals surface area contributed by atoms with Crippen molar-refractivity contribution in [1.82, 2.24) is 4.31 Å². The van der Waals surface area contributed by atoms with E-state index >= 15 is 0 Å². The summed E-state index contributed by atoms with van der Waals surface area (Å²) in [4.78, 5) is 12.4. The van der Waals surface area contributed by atoms with Gasteiger partial charge in [-0.1, -0.05) is 12.1 Å². The summed E-state index contributed by atoms with van der Waals surface area (Å²) in [6.07, 6.45) is 1.01. The normalized spacial score (nSPS) is 11.3. The van der Waals surface area contributed by atoms with Crippen LogP contribution < -0.4 is 14.8 Å². The van der Waals surface area contributed by atoms with Crippen LogP contribution in [0.25, 0.3) is 0 Å². The molecule has 2 rings (SSSR count). The molecule has 9 heteroatoms. The molecular weight excluding hydrogens is 375 g/mol. The van der Waals surface area contributed by atoms with Crippen LogP contribution in [0.1, 0.15) is 5.56 Å². The molecule has 7 nitrogen and oxygen atoms in total. The van der Waals surface area contributed by atoms with Crippen molar-refractivity contribution in [3.05, 3.63) is 53.8 Å². The van der Waals surface area contributed by atoms with Crippen LogP contribution >= 0.6 is 0 Å². The molecule has 0 spiro atoms. The van der Waals surface area contributed by atoms with Gasteiger partial charge in [-0.25, -0.2) is 12.8 Å². The maximum absolute atomic E-state index is 13.0. The van der Waals surface area contributed by atoms with Crippen molar-refractivity contribution < 1.29 is 27.1 Å². The van der Waals surface area contributed by atoms with Crippen LogP contribution in [0, 0.1) is 5.82 Å². The number of nitrogens with zero attached hydrogens (tertiary/aromatic N) is 1. The van der Waals surface area contributed by atoms with E-state index in [1.165, 1.54) is 38.5 Å². The number of hydrogen-bond acceptors (Lipinski definition) is 5. The molecule has 2 aromatic rings. The molecule has 0 aliphatic carbocycles. The predicted octanol–water partition coefficient (Wildman–Crippen LogP) is 2.24. The van der Waals surface area contributed by atoms with Gasteiger partial charge in [0.25, 0.3) is 0 Å². The molecule has 0 aromatic heterocycles. The van der Waals surface area contributed by atoms with Crippen LogP contribution in [0.4, 0.5) is 10.1 Å². The van der Waals surface area contributed by atoms with E-state index in [-0.39, 0.29) is 6.54 Å².